The lowest BCUT2D eigenvalue weighted by atomic mass is 9.53. The minimum atomic E-state index is -0.160. The maximum absolute atomic E-state index is 12.6. The molecule has 2 N–H and O–H groups in total. The Labute approximate surface area is 199 Å². The van der Waals surface area contributed by atoms with E-state index >= 15 is 0 Å². The highest BCUT2D eigenvalue weighted by Crippen LogP contribution is 2.56. The van der Waals surface area contributed by atoms with Gasteiger partial charge in [0.25, 0.3) is 0 Å². The lowest BCUT2D eigenvalue weighted by Crippen LogP contribution is -2.54. The van der Waals surface area contributed by atoms with Gasteiger partial charge >= 0.3 is 0 Å². The molecule has 33 heavy (non-hydrogen) atoms. The van der Waals surface area contributed by atoms with Gasteiger partial charge in [0.2, 0.25) is 5.91 Å². The summed E-state index contributed by atoms with van der Waals surface area (Å²) in [5.74, 6) is 2.34. The van der Waals surface area contributed by atoms with Gasteiger partial charge in [0.1, 0.15) is 5.78 Å². The van der Waals surface area contributed by atoms with Crippen molar-refractivity contribution in [2.75, 3.05) is 10.6 Å². The first-order chi connectivity index (χ1) is 16.0. The molecule has 1 amide bonds. The van der Waals surface area contributed by atoms with Gasteiger partial charge in [0.15, 0.2) is 5.78 Å². The second kappa shape index (κ2) is 9.41. The van der Waals surface area contributed by atoms with Crippen molar-refractivity contribution in [2.24, 2.45) is 17.8 Å². The summed E-state index contributed by atoms with van der Waals surface area (Å²) in [6, 6.07) is 11.5. The Morgan fingerprint density at radius 3 is 2.09 bits per heavy atom. The number of hydrogen-bond donors (Lipinski definition) is 2. The van der Waals surface area contributed by atoms with E-state index < -0.39 is 0 Å². The van der Waals surface area contributed by atoms with E-state index in [1.54, 1.807) is 6.07 Å². The van der Waals surface area contributed by atoms with E-state index in [1.165, 1.54) is 49.9 Å². The Hall–Kier alpha value is -2.47. The fraction of sp³-hybridized carbons (Fsp3) is 0.519. The Morgan fingerprint density at radius 1 is 0.818 bits per heavy atom. The number of para-hydroxylation sites is 2. The van der Waals surface area contributed by atoms with Crippen LogP contribution >= 0.6 is 11.3 Å². The van der Waals surface area contributed by atoms with E-state index in [4.69, 9.17) is 0 Å². The van der Waals surface area contributed by atoms with Gasteiger partial charge in [0.05, 0.1) is 16.3 Å². The predicted octanol–water partition coefficient (Wildman–Crippen LogP) is 6.08. The van der Waals surface area contributed by atoms with Gasteiger partial charge in [-0.15, -0.1) is 11.3 Å². The zero-order valence-corrected chi connectivity index (χ0v) is 19.8. The minimum absolute atomic E-state index is 0.00696. The van der Waals surface area contributed by atoms with Crippen molar-refractivity contribution in [3.05, 3.63) is 46.7 Å². The SMILES string of the molecule is O=C(CCC(=O)Nc1ccccc1NC12CC3CC(CC(C3)C1)C2)CCC(=O)c1cccs1. The van der Waals surface area contributed by atoms with Crippen molar-refractivity contribution in [3.63, 3.8) is 0 Å². The first kappa shape index (κ1) is 22.3. The predicted molar refractivity (Wildman–Crippen MR) is 132 cm³/mol. The van der Waals surface area contributed by atoms with Gasteiger partial charge in [-0.1, -0.05) is 18.2 Å². The van der Waals surface area contributed by atoms with Crippen LogP contribution in [0.15, 0.2) is 41.8 Å². The number of thiophene rings is 1. The second-order valence-electron chi connectivity index (χ2n) is 10.4. The van der Waals surface area contributed by atoms with E-state index in [-0.39, 0.29) is 48.7 Å². The fourth-order valence-electron chi connectivity index (χ4n) is 6.65. The van der Waals surface area contributed by atoms with Crippen molar-refractivity contribution >= 4 is 40.2 Å². The summed E-state index contributed by atoms with van der Waals surface area (Å²) in [4.78, 5) is 37.6. The van der Waals surface area contributed by atoms with Gasteiger partial charge in [0, 0.05) is 31.2 Å². The van der Waals surface area contributed by atoms with Gasteiger partial charge in [-0.05, 0) is 79.9 Å². The Balaban J connectivity index is 1.13. The second-order valence-corrected chi connectivity index (χ2v) is 11.3. The number of Topliss-reactive ketones (excluding diaryl/α,β-unsaturated/α-hetero) is 2. The van der Waals surface area contributed by atoms with Crippen LogP contribution in [0.2, 0.25) is 0 Å². The van der Waals surface area contributed by atoms with Crippen LogP contribution in [0.3, 0.4) is 0 Å². The van der Waals surface area contributed by atoms with Crippen LogP contribution in [-0.2, 0) is 9.59 Å². The fourth-order valence-corrected chi connectivity index (χ4v) is 7.35. The average molecular weight is 465 g/mol. The molecule has 0 spiro atoms. The van der Waals surface area contributed by atoms with E-state index in [0.29, 0.717) is 4.88 Å². The summed E-state index contributed by atoms with van der Waals surface area (Å²) in [6.07, 6.45) is 8.59. The van der Waals surface area contributed by atoms with Crippen LogP contribution in [0.1, 0.15) is 73.9 Å². The highest BCUT2D eigenvalue weighted by molar-refractivity contribution is 7.12. The molecule has 1 heterocycles. The number of nitrogens with one attached hydrogen (secondary N) is 2. The number of hydrogen-bond acceptors (Lipinski definition) is 5. The van der Waals surface area contributed by atoms with Gasteiger partial charge in [-0.3, -0.25) is 14.4 Å². The lowest BCUT2D eigenvalue weighted by molar-refractivity contribution is -0.122. The number of ketones is 2. The number of carbonyl (C=O) groups is 3. The van der Waals surface area contributed by atoms with Crippen molar-refractivity contribution in [2.45, 2.75) is 69.7 Å². The van der Waals surface area contributed by atoms with Crippen molar-refractivity contribution in [1.82, 2.24) is 0 Å². The number of rotatable bonds is 10. The van der Waals surface area contributed by atoms with Gasteiger partial charge in [-0.2, -0.15) is 0 Å². The average Bonchev–Trinajstić information content (AvgIpc) is 3.31. The van der Waals surface area contributed by atoms with Crippen LogP contribution in [0.5, 0.6) is 0 Å². The molecule has 6 rings (SSSR count). The van der Waals surface area contributed by atoms with E-state index in [9.17, 15) is 14.4 Å². The number of anilines is 2. The first-order valence-electron chi connectivity index (χ1n) is 12.2. The molecule has 2 aromatic rings. The summed E-state index contributed by atoms with van der Waals surface area (Å²) in [5.41, 5.74) is 1.94. The van der Waals surface area contributed by atoms with Crippen LogP contribution in [-0.4, -0.2) is 23.0 Å². The zero-order chi connectivity index (χ0) is 22.8. The van der Waals surface area contributed by atoms with Crippen LogP contribution in [0.25, 0.3) is 0 Å². The Bertz CT molecular complexity index is 994. The van der Waals surface area contributed by atoms with E-state index in [0.717, 1.165) is 29.1 Å². The highest BCUT2D eigenvalue weighted by Gasteiger charge is 2.51. The summed E-state index contributed by atoms with van der Waals surface area (Å²) >= 11 is 1.39. The molecule has 1 aromatic carbocycles. The molecule has 5 nitrogen and oxygen atoms in total. The highest BCUT2D eigenvalue weighted by atomic mass is 32.1. The molecule has 1 aromatic heterocycles. The van der Waals surface area contributed by atoms with Crippen LogP contribution in [0.4, 0.5) is 11.4 Å². The molecule has 4 saturated carbocycles. The summed E-state index contributed by atoms with van der Waals surface area (Å²) in [7, 11) is 0. The maximum atomic E-state index is 12.6. The first-order valence-corrected chi connectivity index (χ1v) is 13.1. The molecule has 6 heteroatoms. The molecule has 0 radical (unpaired) electrons. The molecular weight excluding hydrogens is 432 g/mol. The van der Waals surface area contributed by atoms with Crippen LogP contribution in [0, 0.1) is 17.8 Å². The minimum Gasteiger partial charge on any atom is -0.378 e. The van der Waals surface area contributed by atoms with Crippen molar-refractivity contribution in [1.29, 1.82) is 0 Å². The third-order valence-electron chi connectivity index (χ3n) is 7.70. The number of benzene rings is 1. The van der Waals surface area contributed by atoms with Gasteiger partial charge < -0.3 is 10.6 Å². The van der Waals surface area contributed by atoms with Crippen LogP contribution < -0.4 is 10.6 Å². The molecule has 4 aliphatic rings. The normalized spacial score (nSPS) is 27.3. The molecule has 4 aliphatic carbocycles. The monoisotopic (exact) mass is 464 g/mol. The molecule has 0 aliphatic heterocycles. The number of carbonyl (C=O) groups excluding carboxylic acids is 3. The molecular formula is C27H32N2O3S. The van der Waals surface area contributed by atoms with E-state index in [1.807, 2.05) is 29.6 Å². The largest absolute Gasteiger partial charge is 0.378 e. The third-order valence-corrected chi connectivity index (χ3v) is 8.61. The van der Waals surface area contributed by atoms with Crippen molar-refractivity contribution < 1.29 is 14.4 Å². The maximum Gasteiger partial charge on any atom is 0.224 e. The summed E-state index contributed by atoms with van der Waals surface area (Å²) in [5, 5.41) is 8.73. The Kier molecular flexibility index (Phi) is 6.37. The standard InChI is InChI=1S/C27H32N2O3S/c30-21(7-9-24(31)25-6-3-11-33-25)8-10-26(32)28-22-4-1-2-5-23(22)29-27-15-18-12-19(16-27)14-20(13-18)17-27/h1-6,11,18-20,29H,7-10,12-17H2,(H,28,32). The lowest BCUT2D eigenvalue weighted by Gasteiger charge is -2.57. The van der Waals surface area contributed by atoms with Crippen molar-refractivity contribution in [3.8, 4) is 0 Å². The van der Waals surface area contributed by atoms with E-state index in [2.05, 4.69) is 16.7 Å². The Morgan fingerprint density at radius 2 is 1.45 bits per heavy atom. The topological polar surface area (TPSA) is 75.3 Å². The summed E-state index contributed by atoms with van der Waals surface area (Å²) < 4.78 is 0. The third kappa shape index (κ3) is 5.21. The summed E-state index contributed by atoms with van der Waals surface area (Å²) in [6.45, 7) is 0. The molecule has 0 saturated heterocycles. The quantitative estimate of drug-likeness (QED) is 0.418. The molecule has 4 bridgehead atoms. The molecule has 174 valence electrons. The molecule has 0 unspecified atom stereocenters. The van der Waals surface area contributed by atoms with Gasteiger partial charge in [-0.25, -0.2) is 0 Å². The zero-order valence-electron chi connectivity index (χ0n) is 19.0. The number of amides is 1. The molecule has 4 fully saturated rings. The molecule has 0 atom stereocenters. The smallest absolute Gasteiger partial charge is 0.224 e.